The van der Waals surface area contributed by atoms with Crippen LogP contribution in [-0.2, 0) is 13.0 Å². The topological polar surface area (TPSA) is 90.7 Å². The van der Waals surface area contributed by atoms with E-state index in [0.29, 0.717) is 30.0 Å². The second-order valence-electron chi connectivity index (χ2n) is 7.61. The van der Waals surface area contributed by atoms with Crippen LogP contribution in [0.25, 0.3) is 11.3 Å². The number of nitrogens with one attached hydrogen (secondary N) is 2. The van der Waals surface area contributed by atoms with Gasteiger partial charge in [-0.05, 0) is 47.9 Å². The molecule has 2 heterocycles. The van der Waals surface area contributed by atoms with Gasteiger partial charge in [0.05, 0.1) is 11.3 Å². The number of carbonyl (C=O) groups excluding carboxylic acids is 1. The van der Waals surface area contributed by atoms with Crippen molar-refractivity contribution in [3.63, 3.8) is 0 Å². The van der Waals surface area contributed by atoms with Gasteiger partial charge in [-0.2, -0.15) is 5.26 Å². The smallest absolute Gasteiger partial charge is 0.255 e. The third-order valence-corrected chi connectivity index (χ3v) is 5.20. The van der Waals surface area contributed by atoms with Crippen LogP contribution in [0.15, 0.2) is 85.1 Å². The Balaban J connectivity index is 1.51. The zero-order chi connectivity index (χ0) is 23.8. The lowest BCUT2D eigenvalue weighted by Gasteiger charge is -2.13. The minimum Gasteiger partial charge on any atom is -0.369 e. The highest BCUT2D eigenvalue weighted by Crippen LogP contribution is 2.22. The molecule has 1 amide bonds. The summed E-state index contributed by atoms with van der Waals surface area (Å²) in [7, 11) is 0. The standard InChI is InChI=1S/C27H22FN5O/c28-22-8-4-5-19(15-22)13-14-30-26-24(11-12-25(33-26)21-6-2-1-3-7-21)27(34)32-18-20-9-10-23(16-29)31-17-20/h1-12,15,17H,13-14,18H2,(H,30,33)(H,32,34). The highest BCUT2D eigenvalue weighted by atomic mass is 19.1. The summed E-state index contributed by atoms with van der Waals surface area (Å²) in [5, 5.41) is 15.0. The maximum absolute atomic E-state index is 13.5. The first kappa shape index (κ1) is 22.6. The maximum Gasteiger partial charge on any atom is 0.255 e. The summed E-state index contributed by atoms with van der Waals surface area (Å²) in [6.07, 6.45) is 2.14. The molecule has 2 N–H and O–H groups in total. The Labute approximate surface area is 197 Å². The molecule has 4 rings (SSSR count). The van der Waals surface area contributed by atoms with Crippen molar-refractivity contribution in [2.24, 2.45) is 0 Å². The third kappa shape index (κ3) is 5.81. The second kappa shape index (κ2) is 10.8. The SMILES string of the molecule is N#Cc1ccc(CNC(=O)c2ccc(-c3ccccc3)nc2NCCc2cccc(F)c2)cn1. The van der Waals surface area contributed by atoms with E-state index in [4.69, 9.17) is 10.2 Å². The molecule has 4 aromatic rings. The molecule has 7 heteroatoms. The predicted octanol–water partition coefficient (Wildman–Crippen LogP) is 4.74. The van der Waals surface area contributed by atoms with Crippen molar-refractivity contribution in [3.8, 4) is 17.3 Å². The van der Waals surface area contributed by atoms with Gasteiger partial charge in [0.2, 0.25) is 0 Å². The van der Waals surface area contributed by atoms with Crippen molar-refractivity contribution in [3.05, 3.63) is 113 Å². The predicted molar refractivity (Wildman–Crippen MR) is 128 cm³/mol. The van der Waals surface area contributed by atoms with Gasteiger partial charge in [0, 0.05) is 24.8 Å². The molecule has 0 unspecified atom stereocenters. The van der Waals surface area contributed by atoms with Crippen LogP contribution in [0.1, 0.15) is 27.2 Å². The zero-order valence-electron chi connectivity index (χ0n) is 18.3. The summed E-state index contributed by atoms with van der Waals surface area (Å²) in [4.78, 5) is 21.7. The fourth-order valence-electron chi connectivity index (χ4n) is 3.44. The van der Waals surface area contributed by atoms with Gasteiger partial charge in [-0.1, -0.05) is 48.5 Å². The second-order valence-corrected chi connectivity index (χ2v) is 7.61. The van der Waals surface area contributed by atoms with Gasteiger partial charge in [-0.25, -0.2) is 14.4 Å². The Kier molecular flexibility index (Phi) is 7.21. The van der Waals surface area contributed by atoms with Crippen molar-refractivity contribution in [2.75, 3.05) is 11.9 Å². The van der Waals surface area contributed by atoms with Crippen LogP contribution in [0.4, 0.5) is 10.2 Å². The summed E-state index contributed by atoms with van der Waals surface area (Å²) < 4.78 is 13.5. The summed E-state index contributed by atoms with van der Waals surface area (Å²) in [6.45, 7) is 0.745. The first-order valence-electron chi connectivity index (χ1n) is 10.8. The highest BCUT2D eigenvalue weighted by molar-refractivity contribution is 5.99. The number of amides is 1. The molecule has 0 radical (unpaired) electrons. The molecule has 34 heavy (non-hydrogen) atoms. The number of rotatable bonds is 8. The maximum atomic E-state index is 13.5. The summed E-state index contributed by atoms with van der Waals surface area (Å²) in [5.41, 5.74) is 4.03. The van der Waals surface area contributed by atoms with Crippen molar-refractivity contribution in [1.29, 1.82) is 5.26 Å². The van der Waals surface area contributed by atoms with Crippen LogP contribution in [-0.4, -0.2) is 22.4 Å². The first-order chi connectivity index (χ1) is 16.6. The Morgan fingerprint density at radius 1 is 0.971 bits per heavy atom. The minimum atomic E-state index is -0.287. The summed E-state index contributed by atoms with van der Waals surface area (Å²) >= 11 is 0. The van der Waals surface area contributed by atoms with Crippen molar-refractivity contribution < 1.29 is 9.18 Å². The molecule has 0 spiro atoms. The lowest BCUT2D eigenvalue weighted by Crippen LogP contribution is -2.25. The minimum absolute atomic E-state index is 0.265. The third-order valence-electron chi connectivity index (χ3n) is 5.20. The number of hydrogen-bond donors (Lipinski definition) is 2. The van der Waals surface area contributed by atoms with Crippen LogP contribution in [0, 0.1) is 17.1 Å². The molecule has 0 aliphatic carbocycles. The van der Waals surface area contributed by atoms with E-state index in [2.05, 4.69) is 15.6 Å². The fourth-order valence-corrected chi connectivity index (χ4v) is 3.44. The van der Waals surface area contributed by atoms with Crippen LogP contribution in [0.5, 0.6) is 0 Å². The number of aromatic nitrogens is 2. The number of hydrogen-bond acceptors (Lipinski definition) is 5. The Morgan fingerprint density at radius 2 is 1.82 bits per heavy atom. The van der Waals surface area contributed by atoms with E-state index in [1.54, 1.807) is 30.5 Å². The van der Waals surface area contributed by atoms with Gasteiger partial charge in [-0.15, -0.1) is 0 Å². The van der Waals surface area contributed by atoms with E-state index in [1.807, 2.05) is 48.5 Å². The van der Waals surface area contributed by atoms with Crippen molar-refractivity contribution in [1.82, 2.24) is 15.3 Å². The van der Waals surface area contributed by atoms with Gasteiger partial charge in [0.15, 0.2) is 0 Å². The quantitative estimate of drug-likeness (QED) is 0.404. The monoisotopic (exact) mass is 451 g/mol. The van der Waals surface area contributed by atoms with E-state index in [9.17, 15) is 9.18 Å². The van der Waals surface area contributed by atoms with E-state index in [1.165, 1.54) is 12.1 Å². The summed E-state index contributed by atoms with van der Waals surface area (Å²) in [6, 6.07) is 25.0. The van der Waals surface area contributed by atoms with Crippen molar-refractivity contribution in [2.45, 2.75) is 13.0 Å². The normalized spacial score (nSPS) is 10.4. The average molecular weight is 452 g/mol. The van der Waals surface area contributed by atoms with Gasteiger partial charge >= 0.3 is 0 Å². The van der Waals surface area contributed by atoms with Gasteiger partial charge in [0.25, 0.3) is 5.91 Å². The van der Waals surface area contributed by atoms with Crippen LogP contribution in [0.2, 0.25) is 0 Å². The highest BCUT2D eigenvalue weighted by Gasteiger charge is 2.14. The van der Waals surface area contributed by atoms with Gasteiger partial charge in [0.1, 0.15) is 23.4 Å². The Bertz CT molecular complexity index is 1320. The molecule has 2 aromatic carbocycles. The number of nitrogens with zero attached hydrogens (tertiary/aromatic N) is 3. The molecule has 168 valence electrons. The molecular formula is C27H22FN5O. The largest absolute Gasteiger partial charge is 0.369 e. The lowest BCUT2D eigenvalue weighted by atomic mass is 10.1. The fraction of sp³-hybridized carbons (Fsp3) is 0.111. The molecule has 0 bridgehead atoms. The number of pyridine rings is 2. The zero-order valence-corrected chi connectivity index (χ0v) is 18.3. The molecular weight excluding hydrogens is 429 g/mol. The van der Waals surface area contributed by atoms with Crippen LogP contribution >= 0.6 is 0 Å². The number of nitriles is 1. The average Bonchev–Trinajstić information content (AvgIpc) is 2.88. The molecule has 2 aromatic heterocycles. The number of halogens is 1. The van der Waals surface area contributed by atoms with Gasteiger partial charge < -0.3 is 10.6 Å². The van der Waals surface area contributed by atoms with Crippen LogP contribution < -0.4 is 10.6 Å². The number of carbonyl (C=O) groups is 1. The van der Waals surface area contributed by atoms with E-state index in [-0.39, 0.29) is 18.3 Å². The first-order valence-corrected chi connectivity index (χ1v) is 10.8. The Hall–Kier alpha value is -4.57. The molecule has 0 saturated carbocycles. The van der Waals surface area contributed by atoms with Gasteiger partial charge in [-0.3, -0.25) is 4.79 Å². The lowest BCUT2D eigenvalue weighted by molar-refractivity contribution is 0.0951. The molecule has 0 aliphatic heterocycles. The molecule has 0 saturated heterocycles. The van der Waals surface area contributed by atoms with Crippen molar-refractivity contribution >= 4 is 11.7 Å². The van der Waals surface area contributed by atoms with E-state index < -0.39 is 0 Å². The molecule has 0 aliphatic rings. The molecule has 6 nitrogen and oxygen atoms in total. The Morgan fingerprint density at radius 3 is 2.56 bits per heavy atom. The summed E-state index contributed by atoms with van der Waals surface area (Å²) in [5.74, 6) is -0.114. The van der Waals surface area contributed by atoms with Crippen LogP contribution in [0.3, 0.4) is 0 Å². The molecule has 0 fully saturated rings. The molecule has 0 atom stereocenters. The van der Waals surface area contributed by atoms with E-state index in [0.717, 1.165) is 22.4 Å². The number of benzene rings is 2. The van der Waals surface area contributed by atoms with E-state index >= 15 is 0 Å². The number of anilines is 1.